The number of anilines is 2. The highest BCUT2D eigenvalue weighted by Gasteiger charge is 2.26. The van der Waals surface area contributed by atoms with Crippen LogP contribution in [0.25, 0.3) is 0 Å². The van der Waals surface area contributed by atoms with E-state index in [4.69, 9.17) is 0 Å². The molecule has 3 rings (SSSR count). The molecule has 1 saturated heterocycles. The molecule has 174 valence electrons. The fourth-order valence-corrected chi connectivity index (χ4v) is 5.85. The molecule has 0 aliphatic carbocycles. The SMILES string of the molecule is CCc1cccc(C)c1NC(=O)c1cc(S(=O)(=O)N(CC)CC)ccc1N1CCCCC1. The minimum atomic E-state index is -3.66. The summed E-state index contributed by atoms with van der Waals surface area (Å²) in [6.07, 6.45) is 4.11. The molecular formula is C25H35N3O3S. The van der Waals surface area contributed by atoms with Gasteiger partial charge in [0.15, 0.2) is 0 Å². The number of carbonyl (C=O) groups is 1. The van der Waals surface area contributed by atoms with E-state index < -0.39 is 10.0 Å². The van der Waals surface area contributed by atoms with Crippen LogP contribution >= 0.6 is 0 Å². The Balaban J connectivity index is 2.07. The largest absolute Gasteiger partial charge is 0.371 e. The molecule has 6 nitrogen and oxygen atoms in total. The van der Waals surface area contributed by atoms with Crippen LogP contribution in [0.15, 0.2) is 41.3 Å². The molecule has 2 aromatic rings. The molecule has 1 amide bonds. The van der Waals surface area contributed by atoms with Gasteiger partial charge in [0.25, 0.3) is 5.91 Å². The molecule has 1 N–H and O–H groups in total. The van der Waals surface area contributed by atoms with Crippen LogP contribution in [-0.2, 0) is 16.4 Å². The normalized spacial score (nSPS) is 14.6. The van der Waals surface area contributed by atoms with Gasteiger partial charge in [-0.1, -0.05) is 39.0 Å². The van der Waals surface area contributed by atoms with Gasteiger partial charge >= 0.3 is 0 Å². The van der Waals surface area contributed by atoms with Crippen molar-refractivity contribution in [2.45, 2.75) is 58.3 Å². The molecule has 0 aromatic heterocycles. The Kier molecular flexibility index (Phi) is 7.96. The molecule has 1 heterocycles. The van der Waals surface area contributed by atoms with E-state index in [0.29, 0.717) is 18.7 Å². The second-order valence-corrected chi connectivity index (χ2v) is 10.2. The van der Waals surface area contributed by atoms with Crippen LogP contribution < -0.4 is 10.2 Å². The van der Waals surface area contributed by atoms with Crippen LogP contribution in [0.4, 0.5) is 11.4 Å². The minimum absolute atomic E-state index is 0.160. The first-order chi connectivity index (χ1) is 15.3. The summed E-state index contributed by atoms with van der Waals surface area (Å²) in [7, 11) is -3.66. The first-order valence-electron chi connectivity index (χ1n) is 11.6. The third-order valence-electron chi connectivity index (χ3n) is 6.23. The average Bonchev–Trinajstić information content (AvgIpc) is 2.81. The number of para-hydroxylation sites is 1. The van der Waals surface area contributed by atoms with Crippen molar-refractivity contribution in [2.24, 2.45) is 0 Å². The molecule has 7 heteroatoms. The lowest BCUT2D eigenvalue weighted by atomic mass is 10.0. The molecule has 0 bridgehead atoms. The number of benzene rings is 2. The van der Waals surface area contributed by atoms with E-state index in [-0.39, 0.29) is 10.8 Å². The third-order valence-corrected chi connectivity index (χ3v) is 8.28. The molecule has 0 spiro atoms. The molecule has 32 heavy (non-hydrogen) atoms. The molecular weight excluding hydrogens is 422 g/mol. The predicted octanol–water partition coefficient (Wildman–Crippen LogP) is 4.83. The number of amides is 1. The number of piperidine rings is 1. The second kappa shape index (κ2) is 10.5. The van der Waals surface area contributed by atoms with Gasteiger partial charge in [-0.2, -0.15) is 4.31 Å². The number of rotatable bonds is 8. The summed E-state index contributed by atoms with van der Waals surface area (Å²) >= 11 is 0. The van der Waals surface area contributed by atoms with Gasteiger partial charge in [0, 0.05) is 37.6 Å². The lowest BCUT2D eigenvalue weighted by Crippen LogP contribution is -2.33. The van der Waals surface area contributed by atoms with Gasteiger partial charge in [-0.15, -0.1) is 0 Å². The number of hydrogen-bond donors (Lipinski definition) is 1. The fourth-order valence-electron chi connectivity index (χ4n) is 4.36. The van der Waals surface area contributed by atoms with Gasteiger partial charge in [0.2, 0.25) is 10.0 Å². The predicted molar refractivity (Wildman–Crippen MR) is 131 cm³/mol. The monoisotopic (exact) mass is 457 g/mol. The Morgan fingerprint density at radius 1 is 1.03 bits per heavy atom. The Bertz CT molecular complexity index is 1060. The highest BCUT2D eigenvalue weighted by molar-refractivity contribution is 7.89. The van der Waals surface area contributed by atoms with Gasteiger partial charge in [-0.25, -0.2) is 8.42 Å². The van der Waals surface area contributed by atoms with E-state index in [9.17, 15) is 13.2 Å². The topological polar surface area (TPSA) is 69.7 Å². The van der Waals surface area contributed by atoms with Crippen molar-refractivity contribution in [2.75, 3.05) is 36.4 Å². The van der Waals surface area contributed by atoms with Crippen LogP contribution in [0.2, 0.25) is 0 Å². The van der Waals surface area contributed by atoms with Gasteiger partial charge in [0.1, 0.15) is 0 Å². The number of hydrogen-bond acceptors (Lipinski definition) is 4. The summed E-state index contributed by atoms with van der Waals surface area (Å²) in [5.74, 6) is -0.272. The van der Waals surface area contributed by atoms with E-state index >= 15 is 0 Å². The molecule has 1 aliphatic heterocycles. The van der Waals surface area contributed by atoms with Crippen molar-refractivity contribution in [1.29, 1.82) is 0 Å². The third kappa shape index (κ3) is 4.99. The Morgan fingerprint density at radius 3 is 2.34 bits per heavy atom. The summed E-state index contributed by atoms with van der Waals surface area (Å²) < 4.78 is 27.7. The maximum Gasteiger partial charge on any atom is 0.257 e. The standard InChI is InChI=1S/C25H35N3O3S/c1-5-20-13-11-12-19(4)24(20)26-25(29)22-18-21(32(30,31)28(6-2)7-3)14-15-23(22)27-16-9-8-10-17-27/h11-15,18H,5-10,16-17H2,1-4H3,(H,26,29). The van der Waals surface area contributed by atoms with Gasteiger partial charge < -0.3 is 10.2 Å². The molecule has 0 atom stereocenters. The number of nitrogens with zero attached hydrogens (tertiary/aromatic N) is 2. The van der Waals surface area contributed by atoms with E-state index in [1.165, 1.54) is 10.7 Å². The quantitative estimate of drug-likeness (QED) is 0.616. The number of sulfonamides is 1. The van der Waals surface area contributed by atoms with Gasteiger partial charge in [-0.3, -0.25) is 4.79 Å². The van der Waals surface area contributed by atoms with E-state index in [0.717, 1.165) is 54.9 Å². The highest BCUT2D eigenvalue weighted by atomic mass is 32.2. The fraction of sp³-hybridized carbons (Fsp3) is 0.480. The molecule has 0 radical (unpaired) electrons. The zero-order valence-electron chi connectivity index (χ0n) is 19.6. The van der Waals surface area contributed by atoms with Crippen LogP contribution in [0.3, 0.4) is 0 Å². The van der Waals surface area contributed by atoms with Crippen LogP contribution in [0.5, 0.6) is 0 Å². The Hall–Kier alpha value is -2.38. The maximum atomic E-state index is 13.5. The van der Waals surface area contributed by atoms with Crippen LogP contribution in [-0.4, -0.2) is 44.8 Å². The number of carbonyl (C=O) groups excluding carboxylic acids is 1. The van der Waals surface area contributed by atoms with Gasteiger partial charge in [-0.05, 0) is 61.9 Å². The van der Waals surface area contributed by atoms with Crippen LogP contribution in [0.1, 0.15) is 61.5 Å². The molecule has 0 saturated carbocycles. The van der Waals surface area contributed by atoms with Crippen LogP contribution in [0, 0.1) is 6.92 Å². The van der Waals surface area contributed by atoms with E-state index in [2.05, 4.69) is 17.1 Å². The highest BCUT2D eigenvalue weighted by Crippen LogP contribution is 2.30. The first-order valence-corrected chi connectivity index (χ1v) is 13.1. The molecule has 0 unspecified atom stereocenters. The van der Waals surface area contributed by atoms with E-state index in [1.807, 2.05) is 39.0 Å². The summed E-state index contributed by atoms with van der Waals surface area (Å²) in [6, 6.07) is 11.0. The summed E-state index contributed by atoms with van der Waals surface area (Å²) in [4.78, 5) is 15.9. The lowest BCUT2D eigenvalue weighted by Gasteiger charge is -2.31. The second-order valence-electron chi connectivity index (χ2n) is 8.23. The Morgan fingerprint density at radius 2 is 1.72 bits per heavy atom. The Labute approximate surface area is 192 Å². The minimum Gasteiger partial charge on any atom is -0.371 e. The summed E-state index contributed by atoms with van der Waals surface area (Å²) in [5.41, 5.74) is 4.06. The van der Waals surface area contributed by atoms with Crippen molar-refractivity contribution in [3.8, 4) is 0 Å². The first kappa shape index (κ1) is 24.3. The number of aryl methyl sites for hydroxylation is 2. The van der Waals surface area contributed by atoms with Crippen molar-refractivity contribution < 1.29 is 13.2 Å². The van der Waals surface area contributed by atoms with Crippen molar-refractivity contribution in [1.82, 2.24) is 4.31 Å². The maximum absolute atomic E-state index is 13.5. The smallest absolute Gasteiger partial charge is 0.257 e. The average molecular weight is 458 g/mol. The molecule has 2 aromatic carbocycles. The zero-order chi connectivity index (χ0) is 23.3. The molecule has 1 fully saturated rings. The number of nitrogens with one attached hydrogen (secondary N) is 1. The van der Waals surface area contributed by atoms with E-state index in [1.54, 1.807) is 18.2 Å². The zero-order valence-corrected chi connectivity index (χ0v) is 20.5. The van der Waals surface area contributed by atoms with Gasteiger partial charge in [0.05, 0.1) is 10.5 Å². The van der Waals surface area contributed by atoms with Crippen molar-refractivity contribution in [3.63, 3.8) is 0 Å². The summed E-state index contributed by atoms with van der Waals surface area (Å²) in [6.45, 7) is 10.2. The lowest BCUT2D eigenvalue weighted by molar-refractivity contribution is 0.102. The van der Waals surface area contributed by atoms with Crippen molar-refractivity contribution >= 4 is 27.3 Å². The summed E-state index contributed by atoms with van der Waals surface area (Å²) in [5, 5.41) is 3.09. The van der Waals surface area contributed by atoms with Crippen molar-refractivity contribution in [3.05, 3.63) is 53.1 Å². The molecule has 1 aliphatic rings.